The maximum absolute atomic E-state index is 13.0. The minimum Gasteiger partial charge on any atom is -0.508 e. The molecule has 4 rings (SSSR count). The summed E-state index contributed by atoms with van der Waals surface area (Å²) in [5.74, 6) is -3.83. The molecule has 0 fully saturated rings. The molecule has 0 radical (unpaired) electrons. The van der Waals surface area contributed by atoms with Crippen LogP contribution in [0.2, 0.25) is 0 Å². The Bertz CT molecular complexity index is 1380. The summed E-state index contributed by atoms with van der Waals surface area (Å²) in [4.78, 5) is 61.9. The Kier molecular flexibility index (Phi) is 5.56. The van der Waals surface area contributed by atoms with E-state index in [1.165, 1.54) is 61.5 Å². The molecule has 1 aliphatic rings. The van der Waals surface area contributed by atoms with Gasteiger partial charge in [0.2, 0.25) is 0 Å². The van der Waals surface area contributed by atoms with Crippen molar-refractivity contribution in [1.29, 1.82) is 0 Å². The van der Waals surface area contributed by atoms with Crippen molar-refractivity contribution in [3.05, 3.63) is 82.9 Å². The van der Waals surface area contributed by atoms with E-state index in [1.807, 2.05) is 0 Å². The van der Waals surface area contributed by atoms with Gasteiger partial charge in [0, 0.05) is 12.5 Å². The van der Waals surface area contributed by atoms with Gasteiger partial charge in [-0.25, -0.2) is 9.69 Å². The normalized spacial score (nSPS) is 12.3. The third-order valence-electron chi connectivity index (χ3n) is 4.99. The molecule has 10 nitrogen and oxygen atoms in total. The van der Waals surface area contributed by atoms with Crippen molar-refractivity contribution in [2.75, 3.05) is 10.2 Å². The number of hydrogen-bond donors (Lipinski definition) is 3. The predicted octanol–water partition coefficient (Wildman–Crippen LogP) is 3.07. The molecule has 3 aromatic rings. The highest BCUT2D eigenvalue weighted by atomic mass is 16.5. The Morgan fingerprint density at radius 2 is 1.56 bits per heavy atom. The maximum Gasteiger partial charge on any atom is 0.337 e. The second-order valence-electron chi connectivity index (χ2n) is 7.28. The Hall–Kier alpha value is -4.99. The number of rotatable bonds is 5. The first-order valence-corrected chi connectivity index (χ1v) is 9.84. The number of phenolic OH excluding ortho intramolecular Hbond substituents is 1. The molecule has 3 aromatic carbocycles. The van der Waals surface area contributed by atoms with Crippen LogP contribution in [0.25, 0.3) is 0 Å². The number of carboxylic acid groups (broad SMARTS) is 1. The van der Waals surface area contributed by atoms with Crippen LogP contribution in [0, 0.1) is 0 Å². The summed E-state index contributed by atoms with van der Waals surface area (Å²) in [6.45, 7) is 1.25. The Morgan fingerprint density at radius 1 is 0.882 bits per heavy atom. The molecule has 0 spiro atoms. The molecule has 0 aromatic heterocycles. The number of nitrogens with zero attached hydrogens (tertiary/aromatic N) is 1. The molecule has 1 heterocycles. The molecule has 170 valence electrons. The fourth-order valence-corrected chi connectivity index (χ4v) is 3.46. The van der Waals surface area contributed by atoms with E-state index in [-0.39, 0.29) is 45.1 Å². The third kappa shape index (κ3) is 4.07. The van der Waals surface area contributed by atoms with E-state index in [0.29, 0.717) is 0 Å². The second kappa shape index (κ2) is 8.51. The van der Waals surface area contributed by atoms with Crippen LogP contribution in [0.1, 0.15) is 48.4 Å². The highest BCUT2D eigenvalue weighted by molar-refractivity contribution is 6.34. The Labute approximate surface area is 192 Å². The first-order chi connectivity index (χ1) is 16.2. The highest BCUT2D eigenvalue weighted by Gasteiger charge is 2.37. The van der Waals surface area contributed by atoms with Crippen LogP contribution in [-0.4, -0.2) is 39.9 Å². The van der Waals surface area contributed by atoms with Gasteiger partial charge in [-0.2, -0.15) is 0 Å². The number of hydrogen-bond acceptors (Lipinski definition) is 7. The van der Waals surface area contributed by atoms with Gasteiger partial charge in [-0.05, 0) is 60.7 Å². The number of fused-ring (bicyclic) bond motifs is 1. The maximum atomic E-state index is 13.0. The van der Waals surface area contributed by atoms with Crippen molar-refractivity contribution >= 4 is 41.0 Å². The number of esters is 1. The van der Waals surface area contributed by atoms with Crippen molar-refractivity contribution in [2.45, 2.75) is 6.92 Å². The number of benzene rings is 3. The van der Waals surface area contributed by atoms with Crippen molar-refractivity contribution in [1.82, 2.24) is 0 Å². The van der Waals surface area contributed by atoms with Crippen molar-refractivity contribution in [3.63, 3.8) is 0 Å². The van der Waals surface area contributed by atoms with Gasteiger partial charge < -0.3 is 20.3 Å². The predicted molar refractivity (Wildman–Crippen MR) is 118 cm³/mol. The van der Waals surface area contributed by atoms with Gasteiger partial charge in [-0.15, -0.1) is 0 Å². The molecule has 3 N–H and O–H groups in total. The number of carboxylic acids is 1. The van der Waals surface area contributed by atoms with Gasteiger partial charge in [-0.1, -0.05) is 0 Å². The van der Waals surface area contributed by atoms with Gasteiger partial charge in [0.15, 0.2) is 0 Å². The highest BCUT2D eigenvalue weighted by Crippen LogP contribution is 2.31. The molecule has 0 saturated heterocycles. The average molecular weight is 460 g/mol. The van der Waals surface area contributed by atoms with E-state index < -0.39 is 29.7 Å². The molecule has 0 saturated carbocycles. The molecule has 0 atom stereocenters. The quantitative estimate of drug-likeness (QED) is 0.228. The van der Waals surface area contributed by atoms with Crippen molar-refractivity contribution in [3.8, 4) is 11.5 Å². The van der Waals surface area contributed by atoms with Gasteiger partial charge in [-0.3, -0.25) is 19.2 Å². The summed E-state index contributed by atoms with van der Waals surface area (Å²) in [5, 5.41) is 21.2. The minimum atomic E-state index is -1.35. The molecular weight excluding hydrogens is 444 g/mol. The zero-order valence-corrected chi connectivity index (χ0v) is 17.6. The number of carbonyl (C=O) groups excluding carboxylic acids is 4. The topological polar surface area (TPSA) is 150 Å². The van der Waals surface area contributed by atoms with Crippen molar-refractivity contribution in [2.24, 2.45) is 0 Å². The van der Waals surface area contributed by atoms with Crippen LogP contribution in [0.15, 0.2) is 60.7 Å². The number of ether oxygens (including phenoxy) is 1. The number of aromatic hydroxyl groups is 1. The van der Waals surface area contributed by atoms with Crippen LogP contribution in [0.5, 0.6) is 11.5 Å². The zero-order chi connectivity index (χ0) is 24.6. The molecule has 10 heteroatoms. The summed E-state index contributed by atoms with van der Waals surface area (Å²) in [5.41, 5.74) is 0.0175. The van der Waals surface area contributed by atoms with Gasteiger partial charge >= 0.3 is 11.9 Å². The van der Waals surface area contributed by atoms with Crippen LogP contribution in [-0.2, 0) is 4.79 Å². The molecule has 0 unspecified atom stereocenters. The number of carbonyl (C=O) groups is 5. The SMILES string of the molecule is CC(=O)Oc1ccc(N2C(=O)c3ccc(C(=O)Nc4ccc(O)cc4C(=O)O)cc3C2=O)cc1. The number of amides is 3. The summed E-state index contributed by atoms with van der Waals surface area (Å²) >= 11 is 0. The lowest BCUT2D eigenvalue weighted by atomic mass is 10.0. The molecule has 0 bridgehead atoms. The molecule has 0 aliphatic carbocycles. The van der Waals surface area contributed by atoms with Gasteiger partial charge in [0.1, 0.15) is 11.5 Å². The largest absolute Gasteiger partial charge is 0.508 e. The second-order valence-corrected chi connectivity index (χ2v) is 7.28. The van der Waals surface area contributed by atoms with E-state index in [2.05, 4.69) is 5.32 Å². The average Bonchev–Trinajstić information content (AvgIpc) is 3.04. The number of phenols is 1. The number of imide groups is 1. The van der Waals surface area contributed by atoms with E-state index in [0.717, 1.165) is 11.0 Å². The van der Waals surface area contributed by atoms with E-state index in [9.17, 15) is 34.2 Å². The lowest BCUT2D eigenvalue weighted by molar-refractivity contribution is -0.131. The number of nitrogens with one attached hydrogen (secondary N) is 1. The van der Waals surface area contributed by atoms with Crippen molar-refractivity contribution < 1.29 is 38.9 Å². The summed E-state index contributed by atoms with van der Waals surface area (Å²) in [7, 11) is 0. The molecular formula is C24H16N2O8. The molecule has 1 aliphatic heterocycles. The standard InChI is InChI=1S/C24H16N2O8/c1-12(27)34-16-6-3-14(4-7-16)26-22(30)17-8-2-13(10-18(17)23(26)31)21(29)25-20-9-5-15(28)11-19(20)24(32)33/h2-11,28H,1H3,(H,25,29)(H,32,33). The zero-order valence-electron chi connectivity index (χ0n) is 17.6. The van der Waals surface area contributed by atoms with Crippen LogP contribution in [0.3, 0.4) is 0 Å². The molecule has 34 heavy (non-hydrogen) atoms. The van der Waals surface area contributed by atoms with E-state index in [1.54, 1.807) is 0 Å². The monoisotopic (exact) mass is 460 g/mol. The molecule has 3 amide bonds. The Morgan fingerprint density at radius 3 is 2.21 bits per heavy atom. The summed E-state index contributed by atoms with van der Waals surface area (Å²) < 4.78 is 4.95. The third-order valence-corrected chi connectivity index (χ3v) is 4.99. The first kappa shape index (κ1) is 22.2. The van der Waals surface area contributed by atoms with E-state index >= 15 is 0 Å². The van der Waals surface area contributed by atoms with Crippen LogP contribution in [0.4, 0.5) is 11.4 Å². The Balaban J connectivity index is 1.60. The lowest BCUT2D eigenvalue weighted by Gasteiger charge is -2.14. The lowest BCUT2D eigenvalue weighted by Crippen LogP contribution is -2.29. The summed E-state index contributed by atoms with van der Waals surface area (Å²) in [6, 6.07) is 13.2. The fraction of sp³-hybridized carbons (Fsp3) is 0.0417. The van der Waals surface area contributed by atoms with Crippen LogP contribution >= 0.6 is 0 Å². The van der Waals surface area contributed by atoms with Gasteiger partial charge in [0.25, 0.3) is 17.7 Å². The fourth-order valence-electron chi connectivity index (χ4n) is 3.46. The number of aromatic carboxylic acids is 1. The van der Waals surface area contributed by atoms with Gasteiger partial charge in [0.05, 0.1) is 28.1 Å². The summed E-state index contributed by atoms with van der Waals surface area (Å²) in [6.07, 6.45) is 0. The minimum absolute atomic E-state index is 0.00544. The van der Waals surface area contributed by atoms with Crippen LogP contribution < -0.4 is 15.0 Å². The van der Waals surface area contributed by atoms with E-state index in [4.69, 9.17) is 4.74 Å². The number of anilines is 2. The smallest absolute Gasteiger partial charge is 0.337 e. The first-order valence-electron chi connectivity index (χ1n) is 9.84.